The number of anilines is 2. The Bertz CT molecular complexity index is 697. The first kappa shape index (κ1) is 13.7. The number of hydrogen-bond acceptors (Lipinski definition) is 3. The van der Waals surface area contributed by atoms with E-state index in [4.69, 9.17) is 17.3 Å². The first-order valence-corrected chi connectivity index (χ1v) is 7.39. The van der Waals surface area contributed by atoms with Crippen LogP contribution < -0.4 is 10.5 Å². The average Bonchev–Trinajstić information content (AvgIpc) is 2.35. The summed E-state index contributed by atoms with van der Waals surface area (Å²) in [5, 5.41) is 0.378. The van der Waals surface area contributed by atoms with E-state index in [1.807, 2.05) is 0 Å². The highest BCUT2D eigenvalue weighted by Crippen LogP contribution is 2.23. The summed E-state index contributed by atoms with van der Waals surface area (Å²) >= 11 is 5.84. The van der Waals surface area contributed by atoms with Gasteiger partial charge in [0.25, 0.3) is 10.0 Å². The zero-order chi connectivity index (χ0) is 14.0. The van der Waals surface area contributed by atoms with Crippen LogP contribution >= 0.6 is 11.6 Å². The number of benzene rings is 2. The van der Waals surface area contributed by atoms with E-state index < -0.39 is 10.0 Å². The highest BCUT2D eigenvalue weighted by atomic mass is 35.5. The molecule has 0 saturated carbocycles. The number of halogens is 1. The molecule has 0 aliphatic carbocycles. The summed E-state index contributed by atoms with van der Waals surface area (Å²) in [6.07, 6.45) is 0. The van der Waals surface area contributed by atoms with Crippen LogP contribution in [0.2, 0.25) is 5.02 Å². The average molecular weight is 297 g/mol. The Morgan fingerprint density at radius 1 is 1.11 bits per heavy atom. The molecular weight excluding hydrogens is 284 g/mol. The molecule has 0 amide bonds. The number of sulfonamides is 1. The molecule has 100 valence electrons. The summed E-state index contributed by atoms with van der Waals surface area (Å²) in [7, 11) is -3.65. The molecule has 2 aromatic carbocycles. The number of nitrogens with one attached hydrogen (secondary N) is 1. The summed E-state index contributed by atoms with van der Waals surface area (Å²) in [6.45, 7) is 1.72. The quantitative estimate of drug-likeness (QED) is 0.855. The molecule has 0 saturated heterocycles. The maximum atomic E-state index is 12.3. The maximum Gasteiger partial charge on any atom is 0.262 e. The molecule has 0 aliphatic rings. The second-order valence-corrected chi connectivity index (χ2v) is 6.22. The van der Waals surface area contributed by atoms with E-state index in [-0.39, 0.29) is 4.90 Å². The fourth-order valence-electron chi connectivity index (χ4n) is 1.62. The van der Waals surface area contributed by atoms with Crippen LogP contribution in [-0.4, -0.2) is 8.42 Å². The molecule has 3 N–H and O–H groups in total. The van der Waals surface area contributed by atoms with Crippen molar-refractivity contribution >= 4 is 33.0 Å². The maximum absolute atomic E-state index is 12.3. The normalized spacial score (nSPS) is 11.3. The van der Waals surface area contributed by atoms with Gasteiger partial charge in [-0.2, -0.15) is 0 Å². The first-order chi connectivity index (χ1) is 8.88. The van der Waals surface area contributed by atoms with Crippen molar-refractivity contribution in [2.45, 2.75) is 11.8 Å². The Balaban J connectivity index is 2.37. The predicted molar refractivity (Wildman–Crippen MR) is 77.9 cm³/mol. The van der Waals surface area contributed by atoms with E-state index in [0.29, 0.717) is 22.0 Å². The summed E-state index contributed by atoms with van der Waals surface area (Å²) in [6, 6.07) is 11.2. The molecule has 0 fully saturated rings. The van der Waals surface area contributed by atoms with Crippen LogP contribution in [0.15, 0.2) is 47.4 Å². The van der Waals surface area contributed by atoms with E-state index >= 15 is 0 Å². The van der Waals surface area contributed by atoms with Gasteiger partial charge >= 0.3 is 0 Å². The molecule has 0 radical (unpaired) electrons. The number of nitrogens with two attached hydrogens (primary N) is 1. The molecule has 0 spiro atoms. The number of rotatable bonds is 3. The summed E-state index contributed by atoms with van der Waals surface area (Å²) < 4.78 is 27.0. The van der Waals surface area contributed by atoms with Crippen molar-refractivity contribution in [2.75, 3.05) is 10.5 Å². The molecule has 0 unspecified atom stereocenters. The molecular formula is C13H13ClN2O2S. The molecule has 2 rings (SSSR count). The second kappa shape index (κ2) is 5.11. The van der Waals surface area contributed by atoms with Crippen molar-refractivity contribution in [2.24, 2.45) is 0 Å². The number of nitrogen functional groups attached to an aromatic ring is 1. The van der Waals surface area contributed by atoms with Crippen molar-refractivity contribution in [3.63, 3.8) is 0 Å². The Morgan fingerprint density at radius 3 is 2.37 bits per heavy atom. The molecule has 4 nitrogen and oxygen atoms in total. The Morgan fingerprint density at radius 2 is 1.74 bits per heavy atom. The van der Waals surface area contributed by atoms with E-state index in [1.54, 1.807) is 43.3 Å². The van der Waals surface area contributed by atoms with Gasteiger partial charge in [-0.25, -0.2) is 8.42 Å². The van der Waals surface area contributed by atoms with Gasteiger partial charge in [0.05, 0.1) is 4.90 Å². The molecule has 0 bridgehead atoms. The van der Waals surface area contributed by atoms with Gasteiger partial charge in [0.1, 0.15) is 0 Å². The SMILES string of the molecule is Cc1ccc(Cl)cc1S(=O)(=O)Nc1ccc(N)cc1. The molecule has 2 aromatic rings. The highest BCUT2D eigenvalue weighted by Gasteiger charge is 2.17. The fraction of sp³-hybridized carbons (Fsp3) is 0.0769. The Labute approximate surface area is 117 Å². The summed E-state index contributed by atoms with van der Waals surface area (Å²) in [5.41, 5.74) is 7.21. The van der Waals surface area contributed by atoms with E-state index in [0.717, 1.165) is 0 Å². The van der Waals surface area contributed by atoms with Crippen LogP contribution in [0.4, 0.5) is 11.4 Å². The highest BCUT2D eigenvalue weighted by molar-refractivity contribution is 7.92. The van der Waals surface area contributed by atoms with E-state index in [2.05, 4.69) is 4.72 Å². The minimum absolute atomic E-state index is 0.164. The minimum atomic E-state index is -3.65. The lowest BCUT2D eigenvalue weighted by molar-refractivity contribution is 0.600. The minimum Gasteiger partial charge on any atom is -0.399 e. The lowest BCUT2D eigenvalue weighted by Crippen LogP contribution is -2.14. The lowest BCUT2D eigenvalue weighted by atomic mass is 10.2. The Kier molecular flexibility index (Phi) is 3.68. The van der Waals surface area contributed by atoms with Crippen LogP contribution in [0.5, 0.6) is 0 Å². The van der Waals surface area contributed by atoms with Crippen LogP contribution in [-0.2, 0) is 10.0 Å². The van der Waals surface area contributed by atoms with Crippen LogP contribution in [0.25, 0.3) is 0 Å². The van der Waals surface area contributed by atoms with E-state index in [1.165, 1.54) is 6.07 Å². The van der Waals surface area contributed by atoms with Gasteiger partial charge in [-0.3, -0.25) is 4.72 Å². The van der Waals surface area contributed by atoms with Gasteiger partial charge < -0.3 is 5.73 Å². The van der Waals surface area contributed by atoms with Gasteiger partial charge in [0.15, 0.2) is 0 Å². The van der Waals surface area contributed by atoms with Gasteiger partial charge in [-0.15, -0.1) is 0 Å². The summed E-state index contributed by atoms with van der Waals surface area (Å²) in [4.78, 5) is 0.164. The van der Waals surface area contributed by atoms with Gasteiger partial charge in [-0.1, -0.05) is 17.7 Å². The van der Waals surface area contributed by atoms with Crippen molar-refractivity contribution in [3.8, 4) is 0 Å². The third kappa shape index (κ3) is 3.19. The van der Waals surface area contributed by atoms with Gasteiger partial charge in [0.2, 0.25) is 0 Å². The third-order valence-corrected chi connectivity index (χ3v) is 4.36. The van der Waals surface area contributed by atoms with Gasteiger partial charge in [-0.05, 0) is 48.9 Å². The van der Waals surface area contributed by atoms with Gasteiger partial charge in [0, 0.05) is 16.4 Å². The third-order valence-electron chi connectivity index (χ3n) is 2.60. The van der Waals surface area contributed by atoms with Crippen molar-refractivity contribution < 1.29 is 8.42 Å². The largest absolute Gasteiger partial charge is 0.399 e. The number of hydrogen-bond donors (Lipinski definition) is 2. The zero-order valence-electron chi connectivity index (χ0n) is 10.2. The van der Waals surface area contributed by atoms with Crippen molar-refractivity contribution in [3.05, 3.63) is 53.1 Å². The standard InChI is InChI=1S/C13H13ClN2O2S/c1-9-2-3-10(14)8-13(9)19(17,18)16-12-6-4-11(15)5-7-12/h2-8,16H,15H2,1H3. The van der Waals surface area contributed by atoms with Crippen LogP contribution in [0.1, 0.15) is 5.56 Å². The second-order valence-electron chi connectivity index (χ2n) is 4.14. The lowest BCUT2D eigenvalue weighted by Gasteiger charge is -2.10. The predicted octanol–water partition coefficient (Wildman–Crippen LogP) is 3.03. The molecule has 0 aromatic heterocycles. The zero-order valence-corrected chi connectivity index (χ0v) is 11.8. The smallest absolute Gasteiger partial charge is 0.262 e. The van der Waals surface area contributed by atoms with Crippen molar-refractivity contribution in [1.29, 1.82) is 0 Å². The van der Waals surface area contributed by atoms with E-state index in [9.17, 15) is 8.42 Å². The topological polar surface area (TPSA) is 72.2 Å². The monoisotopic (exact) mass is 296 g/mol. The first-order valence-electron chi connectivity index (χ1n) is 5.53. The molecule has 0 atom stereocenters. The molecule has 19 heavy (non-hydrogen) atoms. The fourth-order valence-corrected chi connectivity index (χ4v) is 3.19. The van der Waals surface area contributed by atoms with Crippen LogP contribution in [0.3, 0.4) is 0 Å². The Hall–Kier alpha value is -1.72. The summed E-state index contributed by atoms with van der Waals surface area (Å²) in [5.74, 6) is 0. The molecule has 0 aliphatic heterocycles. The van der Waals surface area contributed by atoms with Crippen LogP contribution in [0, 0.1) is 6.92 Å². The van der Waals surface area contributed by atoms with Crippen molar-refractivity contribution in [1.82, 2.24) is 0 Å². The molecule has 6 heteroatoms. The number of aryl methyl sites for hydroxylation is 1. The molecule has 0 heterocycles.